The van der Waals surface area contributed by atoms with Crippen molar-refractivity contribution in [3.8, 4) is 0 Å². The van der Waals surface area contributed by atoms with Crippen LogP contribution in [0.4, 0.5) is 0 Å². The van der Waals surface area contributed by atoms with E-state index in [-0.39, 0.29) is 11.4 Å². The molecule has 0 N–H and O–H groups in total. The van der Waals surface area contributed by atoms with Crippen molar-refractivity contribution in [1.82, 2.24) is 4.98 Å². The van der Waals surface area contributed by atoms with Crippen LogP contribution in [-0.4, -0.2) is 16.6 Å². The molecule has 0 aliphatic heterocycles. The van der Waals surface area contributed by atoms with Crippen LogP contribution >= 0.6 is 0 Å². The van der Waals surface area contributed by atoms with E-state index in [2.05, 4.69) is 25.8 Å². The lowest BCUT2D eigenvalue weighted by Crippen LogP contribution is -2.24. The smallest absolute Gasteiger partial charge is 0.357 e. The fourth-order valence-electron chi connectivity index (χ4n) is 1.29. The molecular weight excluding hydrogens is 214 g/mol. The molecule has 1 aromatic rings. The molecule has 0 radical (unpaired) electrons. The second-order valence-corrected chi connectivity index (χ2v) is 6.18. The maximum Gasteiger partial charge on any atom is 0.357 e. The highest BCUT2D eigenvalue weighted by Crippen LogP contribution is 2.21. The maximum atomic E-state index is 11.7. The van der Waals surface area contributed by atoms with Gasteiger partial charge >= 0.3 is 5.97 Å². The van der Waals surface area contributed by atoms with Gasteiger partial charge in [-0.3, -0.25) is 0 Å². The summed E-state index contributed by atoms with van der Waals surface area (Å²) in [5, 5.41) is 0. The van der Waals surface area contributed by atoms with Crippen molar-refractivity contribution >= 4 is 5.97 Å². The minimum absolute atomic E-state index is 0.0411. The fourth-order valence-corrected chi connectivity index (χ4v) is 1.29. The second kappa shape index (κ2) is 4.47. The van der Waals surface area contributed by atoms with Crippen molar-refractivity contribution in [2.75, 3.05) is 0 Å². The van der Waals surface area contributed by atoms with Crippen LogP contribution in [0.1, 0.15) is 57.6 Å². The van der Waals surface area contributed by atoms with E-state index in [1.165, 1.54) is 0 Å². The maximum absolute atomic E-state index is 11.7. The van der Waals surface area contributed by atoms with Crippen LogP contribution in [0.25, 0.3) is 0 Å². The Hall–Kier alpha value is -1.38. The Kier molecular flexibility index (Phi) is 3.60. The molecule has 17 heavy (non-hydrogen) atoms. The molecule has 0 aromatic carbocycles. The largest absolute Gasteiger partial charge is 0.455 e. The van der Waals surface area contributed by atoms with Crippen LogP contribution in [0.15, 0.2) is 18.3 Å². The first kappa shape index (κ1) is 13.7. The molecule has 0 atom stereocenters. The number of carbonyl (C=O) groups excluding carboxylic acids is 1. The quantitative estimate of drug-likeness (QED) is 0.701. The van der Waals surface area contributed by atoms with Gasteiger partial charge in [0, 0.05) is 6.20 Å². The summed E-state index contributed by atoms with van der Waals surface area (Å²) in [7, 11) is 0. The first-order valence-corrected chi connectivity index (χ1v) is 5.79. The van der Waals surface area contributed by atoms with Gasteiger partial charge in [0.15, 0.2) is 0 Å². The predicted molar refractivity (Wildman–Crippen MR) is 68.1 cm³/mol. The molecule has 1 aromatic heterocycles. The lowest BCUT2D eigenvalue weighted by atomic mass is 9.88. The summed E-state index contributed by atoms with van der Waals surface area (Å²) in [5.41, 5.74) is 1.01. The fraction of sp³-hybridized carbons (Fsp3) is 0.571. The van der Waals surface area contributed by atoms with E-state index >= 15 is 0 Å². The molecule has 0 saturated heterocycles. The Morgan fingerprint density at radius 1 is 1.12 bits per heavy atom. The topological polar surface area (TPSA) is 39.2 Å². The molecule has 3 heteroatoms. The summed E-state index contributed by atoms with van der Waals surface area (Å²) in [6.07, 6.45) is 1.74. The van der Waals surface area contributed by atoms with Crippen LogP contribution in [0.3, 0.4) is 0 Å². The highest BCUT2D eigenvalue weighted by atomic mass is 16.6. The molecule has 3 nitrogen and oxygen atoms in total. The third-order valence-electron chi connectivity index (χ3n) is 2.24. The molecule has 1 heterocycles. The average molecular weight is 235 g/mol. The Balaban J connectivity index is 2.85. The van der Waals surface area contributed by atoms with E-state index in [0.717, 1.165) is 5.56 Å². The van der Waals surface area contributed by atoms with Crippen molar-refractivity contribution in [3.05, 3.63) is 29.6 Å². The normalized spacial score (nSPS) is 12.4. The van der Waals surface area contributed by atoms with Crippen molar-refractivity contribution in [3.63, 3.8) is 0 Å². The molecule has 0 aliphatic rings. The molecule has 0 fully saturated rings. The first-order valence-electron chi connectivity index (χ1n) is 5.79. The second-order valence-electron chi connectivity index (χ2n) is 6.18. The summed E-state index contributed by atoms with van der Waals surface area (Å²) in [4.78, 5) is 15.9. The van der Waals surface area contributed by atoms with Crippen molar-refractivity contribution in [2.45, 2.75) is 52.6 Å². The Morgan fingerprint density at radius 2 is 1.71 bits per heavy atom. The van der Waals surface area contributed by atoms with Gasteiger partial charge in [0.25, 0.3) is 0 Å². The van der Waals surface area contributed by atoms with Crippen LogP contribution in [0.5, 0.6) is 0 Å². The van der Waals surface area contributed by atoms with Gasteiger partial charge in [-0.05, 0) is 37.8 Å². The number of aromatic nitrogens is 1. The Labute approximate surface area is 103 Å². The van der Waals surface area contributed by atoms with Gasteiger partial charge < -0.3 is 4.74 Å². The van der Waals surface area contributed by atoms with E-state index in [9.17, 15) is 4.79 Å². The molecular formula is C14H21NO2. The molecule has 0 amide bonds. The van der Waals surface area contributed by atoms with Crippen LogP contribution < -0.4 is 0 Å². The molecule has 0 spiro atoms. The highest BCUT2D eigenvalue weighted by molar-refractivity contribution is 5.87. The summed E-state index contributed by atoms with van der Waals surface area (Å²) >= 11 is 0. The summed E-state index contributed by atoms with van der Waals surface area (Å²) in [5.74, 6) is -0.377. The zero-order chi connectivity index (χ0) is 13.3. The number of hydrogen-bond acceptors (Lipinski definition) is 3. The van der Waals surface area contributed by atoms with Gasteiger partial charge in [-0.25, -0.2) is 9.78 Å². The van der Waals surface area contributed by atoms with Crippen LogP contribution in [-0.2, 0) is 10.2 Å². The number of ether oxygens (including phenoxy) is 1. The average Bonchev–Trinajstić information content (AvgIpc) is 2.14. The van der Waals surface area contributed by atoms with Gasteiger partial charge in [-0.1, -0.05) is 26.8 Å². The number of carbonyl (C=O) groups is 1. The minimum atomic E-state index is -0.485. The summed E-state index contributed by atoms with van der Waals surface area (Å²) in [6, 6.07) is 3.64. The van der Waals surface area contributed by atoms with Crippen molar-refractivity contribution in [1.29, 1.82) is 0 Å². The number of hydrogen-bond donors (Lipinski definition) is 0. The SMILES string of the molecule is CC(C)(C)OC(=O)c1ccc(C(C)(C)C)cn1. The van der Waals surface area contributed by atoms with E-state index in [1.807, 2.05) is 26.8 Å². The molecule has 1 rings (SSSR count). The van der Waals surface area contributed by atoms with Crippen LogP contribution in [0, 0.1) is 0 Å². The molecule has 0 bridgehead atoms. The highest BCUT2D eigenvalue weighted by Gasteiger charge is 2.20. The van der Waals surface area contributed by atoms with Gasteiger partial charge in [-0.2, -0.15) is 0 Å². The Bertz CT molecular complexity index is 394. The van der Waals surface area contributed by atoms with E-state index in [0.29, 0.717) is 5.69 Å². The van der Waals surface area contributed by atoms with Crippen molar-refractivity contribution < 1.29 is 9.53 Å². The lowest BCUT2D eigenvalue weighted by molar-refractivity contribution is 0.00627. The number of pyridine rings is 1. The van der Waals surface area contributed by atoms with E-state index < -0.39 is 5.60 Å². The zero-order valence-corrected chi connectivity index (χ0v) is 11.5. The van der Waals surface area contributed by atoms with Crippen molar-refractivity contribution in [2.24, 2.45) is 0 Å². The molecule has 94 valence electrons. The zero-order valence-electron chi connectivity index (χ0n) is 11.5. The van der Waals surface area contributed by atoms with Gasteiger partial charge in [-0.15, -0.1) is 0 Å². The van der Waals surface area contributed by atoms with E-state index in [1.54, 1.807) is 12.3 Å². The third kappa shape index (κ3) is 4.17. The molecule has 0 saturated carbocycles. The third-order valence-corrected chi connectivity index (χ3v) is 2.24. The predicted octanol–water partition coefficient (Wildman–Crippen LogP) is 3.33. The van der Waals surface area contributed by atoms with E-state index in [4.69, 9.17) is 4.74 Å². The molecule has 0 aliphatic carbocycles. The van der Waals surface area contributed by atoms with Gasteiger partial charge in [0.05, 0.1) is 0 Å². The lowest BCUT2D eigenvalue weighted by Gasteiger charge is -2.20. The number of nitrogens with zero attached hydrogens (tertiary/aromatic N) is 1. The molecule has 0 unspecified atom stereocenters. The number of rotatable bonds is 1. The van der Waals surface area contributed by atoms with Gasteiger partial charge in [0.2, 0.25) is 0 Å². The summed E-state index contributed by atoms with van der Waals surface area (Å²) < 4.78 is 5.25. The standard InChI is InChI=1S/C14H21NO2/c1-13(2,3)10-7-8-11(15-9-10)12(16)17-14(4,5)6/h7-9H,1-6H3. The van der Waals surface area contributed by atoms with Gasteiger partial charge in [0.1, 0.15) is 11.3 Å². The summed E-state index contributed by atoms with van der Waals surface area (Å²) in [6.45, 7) is 11.8. The van der Waals surface area contributed by atoms with Crippen LogP contribution in [0.2, 0.25) is 0 Å². The monoisotopic (exact) mass is 235 g/mol. The first-order chi connectivity index (χ1) is 7.59. The number of esters is 1. The Morgan fingerprint density at radius 3 is 2.06 bits per heavy atom. The minimum Gasteiger partial charge on any atom is -0.455 e.